The fourth-order valence-electron chi connectivity index (χ4n) is 6.85. The van der Waals surface area contributed by atoms with Crippen molar-refractivity contribution < 1.29 is 80.9 Å². The lowest BCUT2D eigenvalue weighted by molar-refractivity contribution is -0.138. The van der Waals surface area contributed by atoms with Crippen molar-refractivity contribution in [3.05, 3.63) is 53.4 Å². The van der Waals surface area contributed by atoms with Crippen LogP contribution in [0.3, 0.4) is 0 Å². The molecule has 1 aliphatic heterocycles. The van der Waals surface area contributed by atoms with Crippen LogP contribution in [0, 0.1) is 12.8 Å². The summed E-state index contributed by atoms with van der Waals surface area (Å²) in [4.78, 5) is 90.5. The zero-order chi connectivity index (χ0) is 56.0. The maximum absolute atomic E-state index is 13.8. The van der Waals surface area contributed by atoms with Crippen LogP contribution in [0.5, 0.6) is 0 Å². The first-order valence-electron chi connectivity index (χ1n) is 25.6. The minimum Gasteiger partial charge on any atom is -0.443 e. The molecule has 0 aliphatic carbocycles. The van der Waals surface area contributed by atoms with E-state index in [0.29, 0.717) is 123 Å². The molecule has 0 saturated heterocycles. The Morgan fingerprint density at radius 1 is 0.714 bits per heavy atom. The van der Waals surface area contributed by atoms with Gasteiger partial charge in [0.1, 0.15) is 24.4 Å². The van der Waals surface area contributed by atoms with Crippen molar-refractivity contribution in [3.8, 4) is 0 Å². The number of anilines is 1. The molecule has 27 heteroatoms. The number of urea groups is 1. The Hall–Kier alpha value is -6.17. The van der Waals surface area contributed by atoms with Crippen molar-refractivity contribution in [2.75, 3.05) is 145 Å². The summed E-state index contributed by atoms with van der Waals surface area (Å²) < 4.78 is 55.8. The summed E-state index contributed by atoms with van der Waals surface area (Å²) in [7, 11) is 3.20. The van der Waals surface area contributed by atoms with E-state index in [-0.39, 0.29) is 64.6 Å². The zero-order valence-electron chi connectivity index (χ0n) is 45.1. The molecule has 0 radical (unpaired) electrons. The van der Waals surface area contributed by atoms with Crippen LogP contribution in [-0.4, -0.2) is 218 Å². The smallest absolute Gasteiger partial charge is 0.410 e. The van der Waals surface area contributed by atoms with E-state index in [0.717, 1.165) is 10.5 Å². The monoisotopic (exact) mass is 1090 g/mol. The highest BCUT2D eigenvalue weighted by Gasteiger charge is 2.29. The van der Waals surface area contributed by atoms with E-state index >= 15 is 0 Å². The Morgan fingerprint density at radius 2 is 1.26 bits per heavy atom. The second-order valence-corrected chi connectivity index (χ2v) is 17.6. The molecule has 1 aliphatic rings. The van der Waals surface area contributed by atoms with Crippen LogP contribution in [0.2, 0.25) is 0 Å². The van der Waals surface area contributed by atoms with Crippen LogP contribution >= 0.6 is 0 Å². The third-order valence-corrected chi connectivity index (χ3v) is 11.1. The van der Waals surface area contributed by atoms with Gasteiger partial charge in [-0.3, -0.25) is 28.9 Å². The van der Waals surface area contributed by atoms with Crippen molar-refractivity contribution >= 4 is 47.3 Å². The molecule has 0 bridgehead atoms. The number of carbonyl (C=O) groups excluding carboxylic acids is 7. The van der Waals surface area contributed by atoms with Gasteiger partial charge >= 0.3 is 12.1 Å². The average molecular weight is 1090 g/mol. The zero-order valence-corrected chi connectivity index (χ0v) is 45.1. The molecule has 3 rings (SSSR count). The summed E-state index contributed by atoms with van der Waals surface area (Å²) in [6.07, 6.45) is 3.64. The van der Waals surface area contributed by atoms with Gasteiger partial charge in [-0.15, -0.1) is 5.10 Å². The molecule has 27 nitrogen and oxygen atoms in total. The number of methoxy groups -OCH3 is 1. The fraction of sp³-hybridized carbons (Fsp3) is 0.660. The number of amides is 8. The molecular formula is C50H80N10O17. The number of imide groups is 1. The van der Waals surface area contributed by atoms with Gasteiger partial charge < -0.3 is 79.3 Å². The average Bonchev–Trinajstić information content (AvgIpc) is 4.00. The van der Waals surface area contributed by atoms with E-state index in [4.69, 9.17) is 53.1 Å². The number of aryl methyl sites for hydroxylation is 1. The normalized spacial score (nSPS) is 13.0. The molecule has 6 N–H and O–H groups in total. The lowest BCUT2D eigenvalue weighted by atomic mass is 10.0. The largest absolute Gasteiger partial charge is 0.443 e. The highest BCUT2D eigenvalue weighted by atomic mass is 16.6. The Bertz CT molecular complexity index is 2090. The number of benzene rings is 1. The number of carbonyl (C=O) groups is 7. The van der Waals surface area contributed by atoms with Gasteiger partial charge in [-0.05, 0) is 48.9 Å². The van der Waals surface area contributed by atoms with Crippen LogP contribution in [0.4, 0.5) is 15.3 Å². The molecule has 2 heterocycles. The highest BCUT2D eigenvalue weighted by molar-refractivity contribution is 6.12. The van der Waals surface area contributed by atoms with Crippen LogP contribution in [-0.2, 0) is 91.0 Å². The molecule has 0 saturated carbocycles. The number of aromatic nitrogens is 3. The van der Waals surface area contributed by atoms with Gasteiger partial charge in [0.25, 0.3) is 11.8 Å². The first-order chi connectivity index (χ1) is 37.2. The predicted molar refractivity (Wildman–Crippen MR) is 276 cm³/mol. The van der Waals surface area contributed by atoms with Crippen molar-refractivity contribution in [1.82, 2.24) is 40.7 Å². The molecule has 2 atom stereocenters. The summed E-state index contributed by atoms with van der Waals surface area (Å²) >= 11 is 0. The van der Waals surface area contributed by atoms with Gasteiger partial charge in [0.2, 0.25) is 17.7 Å². The van der Waals surface area contributed by atoms with Gasteiger partial charge in [-0.25, -0.2) is 14.3 Å². The highest BCUT2D eigenvalue weighted by Crippen LogP contribution is 2.19. The van der Waals surface area contributed by atoms with Crippen molar-refractivity contribution in [2.45, 2.75) is 71.8 Å². The van der Waals surface area contributed by atoms with E-state index in [9.17, 15) is 33.6 Å². The van der Waals surface area contributed by atoms with E-state index < -0.39 is 53.7 Å². The number of rotatable bonds is 44. The third-order valence-electron chi connectivity index (χ3n) is 11.1. The first kappa shape index (κ1) is 65.1. The van der Waals surface area contributed by atoms with E-state index in [1.165, 1.54) is 17.1 Å². The van der Waals surface area contributed by atoms with Gasteiger partial charge in [0.05, 0.1) is 132 Å². The first-order valence-corrected chi connectivity index (χ1v) is 25.6. The quantitative estimate of drug-likeness (QED) is 0.0445. The van der Waals surface area contributed by atoms with Crippen molar-refractivity contribution in [3.63, 3.8) is 0 Å². The topological polar surface area (TPSA) is 323 Å². The van der Waals surface area contributed by atoms with Gasteiger partial charge in [-0.2, -0.15) is 0 Å². The minimum atomic E-state index is -1.09. The summed E-state index contributed by atoms with van der Waals surface area (Å²) in [5, 5.41) is 18.9. The molecule has 0 unspecified atom stereocenters. The van der Waals surface area contributed by atoms with E-state index in [1.807, 2.05) is 6.92 Å². The molecule has 8 amide bonds. The van der Waals surface area contributed by atoms with Gasteiger partial charge in [0, 0.05) is 51.5 Å². The van der Waals surface area contributed by atoms with Crippen LogP contribution in [0.1, 0.15) is 49.9 Å². The van der Waals surface area contributed by atoms with Crippen molar-refractivity contribution in [2.24, 2.45) is 11.7 Å². The molecule has 77 heavy (non-hydrogen) atoms. The number of primary amides is 1. The predicted octanol–water partition coefficient (Wildman–Crippen LogP) is 0.462. The van der Waals surface area contributed by atoms with Gasteiger partial charge in [0.15, 0.2) is 0 Å². The fourth-order valence-corrected chi connectivity index (χ4v) is 6.85. The Morgan fingerprint density at radius 3 is 1.82 bits per heavy atom. The summed E-state index contributed by atoms with van der Waals surface area (Å²) in [6, 6.07) is 2.31. The Balaban J connectivity index is 1.33. The number of nitrogens with one attached hydrogen (secondary N) is 4. The standard InChI is InChI=1S/C50H80N10O17/c1-37(2)46(55-43(61)12-16-69-18-15-60-44(62)10-11-45(60)63)48(65)54-42(7-6-13-52-49(51)66)47(64)53-40-9-8-38(3)39(33-40)34-58(4)50(67)77-36-41-35-59(57-56-41)14-17-70-21-22-72-25-26-74-29-30-76-32-31-75-28-27-73-24-23-71-20-19-68-5/h8-11,33,35,37,42,46H,6-7,12-32,34,36H2,1-5H3,(H,53,64)(H,54,65)(H,55,61)(H3,51,52,66)/t42-,46-/m0/s1. The molecule has 1 aromatic carbocycles. The molecule has 432 valence electrons. The van der Waals surface area contributed by atoms with E-state index in [1.54, 1.807) is 57.1 Å². The number of hydrogen-bond acceptors (Lipinski definition) is 19. The van der Waals surface area contributed by atoms with Crippen molar-refractivity contribution in [1.29, 1.82) is 0 Å². The summed E-state index contributed by atoms with van der Waals surface area (Å²) in [6.45, 7) is 12.9. The minimum absolute atomic E-state index is 0.0273. The molecule has 1 aromatic heterocycles. The number of nitrogens with zero attached hydrogens (tertiary/aromatic N) is 5. The lowest BCUT2D eigenvalue weighted by Gasteiger charge is -2.25. The van der Waals surface area contributed by atoms with Crippen LogP contribution < -0.4 is 27.0 Å². The molecular weight excluding hydrogens is 1010 g/mol. The number of ether oxygens (including phenoxy) is 10. The summed E-state index contributed by atoms with van der Waals surface area (Å²) in [5.74, 6) is -2.92. The maximum Gasteiger partial charge on any atom is 0.410 e. The number of nitrogens with two attached hydrogens (primary N) is 1. The van der Waals surface area contributed by atoms with E-state index in [2.05, 4.69) is 31.6 Å². The third kappa shape index (κ3) is 28.7. The second-order valence-electron chi connectivity index (χ2n) is 17.6. The Labute approximate surface area is 449 Å². The molecule has 0 fully saturated rings. The maximum atomic E-state index is 13.8. The summed E-state index contributed by atoms with van der Waals surface area (Å²) in [5.41, 5.74) is 7.57. The van der Waals surface area contributed by atoms with Crippen LogP contribution in [0.25, 0.3) is 0 Å². The second kappa shape index (κ2) is 39.2. The molecule has 2 aromatic rings. The lowest BCUT2D eigenvalue weighted by Crippen LogP contribution is -2.54. The Kier molecular flexibility index (Phi) is 33.2. The molecule has 0 spiro atoms. The SMILES string of the molecule is COCCOCCOCCOCCOCCOCCOCCOCCn1cc(COC(=O)N(C)Cc2cc(NC(=O)[C@H](CCCNC(N)=O)NC(=O)[C@@H](NC(=O)CCOCCN3C(=O)C=CC3=O)C(C)C)ccc2C)nn1. The number of hydrogen-bond donors (Lipinski definition) is 5. The van der Waals surface area contributed by atoms with Crippen LogP contribution in [0.15, 0.2) is 36.5 Å². The van der Waals surface area contributed by atoms with Gasteiger partial charge in [-0.1, -0.05) is 25.1 Å².